The van der Waals surface area contributed by atoms with Crippen molar-refractivity contribution in [2.45, 2.75) is 91.9 Å². The van der Waals surface area contributed by atoms with Gasteiger partial charge in [0, 0.05) is 0 Å². The van der Waals surface area contributed by atoms with E-state index in [9.17, 15) is 8.42 Å². The van der Waals surface area contributed by atoms with E-state index >= 15 is 0 Å². The van der Waals surface area contributed by atoms with Crippen LogP contribution >= 0.6 is 0 Å². The van der Waals surface area contributed by atoms with E-state index in [4.69, 9.17) is 8.37 Å². The second kappa shape index (κ2) is 14.3. The third kappa shape index (κ3) is 12.1. The van der Waals surface area contributed by atoms with Crippen LogP contribution < -0.4 is 8.37 Å². The van der Waals surface area contributed by atoms with Crippen LogP contribution in [0.2, 0.25) is 0 Å². The average Bonchev–Trinajstić information content (AvgIpc) is 2.74. The Morgan fingerprint density at radius 2 is 0.939 bits per heavy atom. The highest BCUT2D eigenvalue weighted by Gasteiger charge is 2.16. The first-order valence-electron chi connectivity index (χ1n) is 12.6. The molecule has 0 fully saturated rings. The molecule has 33 heavy (non-hydrogen) atoms. The molecule has 2 aromatic rings. The summed E-state index contributed by atoms with van der Waals surface area (Å²) in [6.07, 6.45) is 11.8. The van der Waals surface area contributed by atoms with Gasteiger partial charge in [0.15, 0.2) is 0 Å². The van der Waals surface area contributed by atoms with Crippen molar-refractivity contribution < 1.29 is 16.8 Å². The molecule has 0 aliphatic carbocycles. The average molecular weight is 475 g/mol. The Balaban J connectivity index is 1.75. The SMILES string of the molecule is CC(C)CCCCCc1ccc(OS(=O)(=O)Oc2ccc(CCCCCC(C)C)cc2)cc1. The molecule has 2 rings (SSSR count). The molecular weight excluding hydrogens is 432 g/mol. The van der Waals surface area contributed by atoms with E-state index in [2.05, 4.69) is 27.7 Å². The van der Waals surface area contributed by atoms with Gasteiger partial charge >= 0.3 is 10.4 Å². The third-order valence-electron chi connectivity index (χ3n) is 5.74. The molecule has 184 valence electrons. The zero-order valence-corrected chi connectivity index (χ0v) is 21.7. The first kappa shape index (κ1) is 27.2. The Morgan fingerprint density at radius 3 is 1.27 bits per heavy atom. The fourth-order valence-corrected chi connectivity index (χ4v) is 4.52. The first-order chi connectivity index (χ1) is 15.7. The molecule has 0 aromatic heterocycles. The monoisotopic (exact) mass is 474 g/mol. The van der Waals surface area contributed by atoms with Crippen molar-refractivity contribution >= 4 is 10.4 Å². The standard InChI is InChI=1S/C28H42O4S/c1-23(2)11-7-5-9-13-25-15-19-27(20-16-25)31-33(29,30)32-28-21-17-26(18-22-28)14-10-6-8-12-24(3)4/h15-24H,5-14H2,1-4H3. The fourth-order valence-electron chi connectivity index (χ4n) is 3.79. The smallest absolute Gasteiger partial charge is 0.353 e. The van der Waals surface area contributed by atoms with E-state index in [1.165, 1.54) is 49.7 Å². The maximum absolute atomic E-state index is 12.3. The molecule has 0 heterocycles. The first-order valence-corrected chi connectivity index (χ1v) is 13.9. The lowest BCUT2D eigenvalue weighted by atomic mass is 10.0. The highest BCUT2D eigenvalue weighted by Crippen LogP contribution is 2.21. The maximum atomic E-state index is 12.3. The Kier molecular flexibility index (Phi) is 11.8. The molecule has 0 amide bonds. The minimum atomic E-state index is -4.18. The topological polar surface area (TPSA) is 52.6 Å². The largest absolute Gasteiger partial charge is 0.500 e. The Morgan fingerprint density at radius 1 is 0.576 bits per heavy atom. The zero-order valence-electron chi connectivity index (χ0n) is 20.9. The van der Waals surface area contributed by atoms with Crippen LogP contribution in [0.3, 0.4) is 0 Å². The van der Waals surface area contributed by atoms with Crippen LogP contribution in [0, 0.1) is 11.8 Å². The minimum Gasteiger partial charge on any atom is -0.353 e. The van der Waals surface area contributed by atoms with Crippen LogP contribution in [-0.4, -0.2) is 8.42 Å². The summed E-state index contributed by atoms with van der Waals surface area (Å²) < 4.78 is 34.8. The lowest BCUT2D eigenvalue weighted by Gasteiger charge is -2.09. The second-order valence-corrected chi connectivity index (χ2v) is 11.0. The molecule has 4 nitrogen and oxygen atoms in total. The molecule has 5 heteroatoms. The summed E-state index contributed by atoms with van der Waals surface area (Å²) in [5.74, 6) is 2.04. The summed E-state index contributed by atoms with van der Waals surface area (Å²) in [6, 6.07) is 14.4. The van der Waals surface area contributed by atoms with Gasteiger partial charge < -0.3 is 8.37 Å². The molecule has 0 atom stereocenters. The molecule has 0 saturated carbocycles. The predicted octanol–water partition coefficient (Wildman–Crippen LogP) is 7.91. The molecule has 0 bridgehead atoms. The zero-order chi connectivity index (χ0) is 24.1. The van der Waals surface area contributed by atoms with Crippen LogP contribution in [0.15, 0.2) is 48.5 Å². The van der Waals surface area contributed by atoms with Gasteiger partial charge in [-0.2, -0.15) is 0 Å². The number of hydrogen-bond acceptors (Lipinski definition) is 4. The summed E-state index contributed by atoms with van der Waals surface area (Å²) >= 11 is 0. The van der Waals surface area contributed by atoms with Crippen molar-refractivity contribution in [2.24, 2.45) is 11.8 Å². The van der Waals surface area contributed by atoms with Crippen molar-refractivity contribution in [3.63, 3.8) is 0 Å². The number of aryl methyl sites for hydroxylation is 2. The molecule has 0 aliphatic heterocycles. The second-order valence-electron chi connectivity index (χ2n) is 9.85. The van der Waals surface area contributed by atoms with Crippen molar-refractivity contribution in [3.05, 3.63) is 59.7 Å². The summed E-state index contributed by atoms with van der Waals surface area (Å²) in [5.41, 5.74) is 2.37. The molecule has 0 unspecified atom stereocenters. The van der Waals surface area contributed by atoms with Crippen LogP contribution in [-0.2, 0) is 23.2 Å². The van der Waals surface area contributed by atoms with Crippen LogP contribution in [0.4, 0.5) is 0 Å². The van der Waals surface area contributed by atoms with Gasteiger partial charge in [-0.3, -0.25) is 0 Å². The van der Waals surface area contributed by atoms with Crippen molar-refractivity contribution in [1.29, 1.82) is 0 Å². The highest BCUT2D eigenvalue weighted by atomic mass is 32.3. The van der Waals surface area contributed by atoms with Gasteiger partial charge in [0.1, 0.15) is 11.5 Å². The van der Waals surface area contributed by atoms with Crippen molar-refractivity contribution in [2.75, 3.05) is 0 Å². The Labute approximate surface area is 202 Å². The van der Waals surface area contributed by atoms with Gasteiger partial charge in [0.2, 0.25) is 0 Å². The van der Waals surface area contributed by atoms with Crippen LogP contribution in [0.5, 0.6) is 11.5 Å². The maximum Gasteiger partial charge on any atom is 0.500 e. The predicted molar refractivity (Wildman–Crippen MR) is 137 cm³/mol. The van der Waals surface area contributed by atoms with E-state index < -0.39 is 10.4 Å². The van der Waals surface area contributed by atoms with Gasteiger partial charge in [0.25, 0.3) is 0 Å². The Bertz CT molecular complexity index is 815. The molecular formula is C28H42O4S. The van der Waals surface area contributed by atoms with E-state index in [1.54, 1.807) is 24.3 Å². The van der Waals surface area contributed by atoms with Gasteiger partial charge in [-0.15, -0.1) is 8.42 Å². The molecule has 0 N–H and O–H groups in total. The Hall–Kier alpha value is -2.01. The van der Waals surface area contributed by atoms with Gasteiger partial charge in [-0.1, -0.05) is 90.5 Å². The number of rotatable bonds is 16. The number of unbranched alkanes of at least 4 members (excludes halogenated alkanes) is 4. The van der Waals surface area contributed by atoms with Gasteiger partial charge in [-0.25, -0.2) is 0 Å². The fraction of sp³-hybridized carbons (Fsp3) is 0.571. The van der Waals surface area contributed by atoms with E-state index in [0.29, 0.717) is 0 Å². The summed E-state index contributed by atoms with van der Waals surface area (Å²) in [4.78, 5) is 0. The minimum absolute atomic E-state index is 0.261. The van der Waals surface area contributed by atoms with Gasteiger partial charge in [-0.05, 0) is 72.9 Å². The lowest BCUT2D eigenvalue weighted by Crippen LogP contribution is -2.16. The molecule has 0 spiro atoms. The van der Waals surface area contributed by atoms with E-state index in [-0.39, 0.29) is 11.5 Å². The normalized spacial score (nSPS) is 11.8. The third-order valence-corrected chi connectivity index (χ3v) is 6.53. The van der Waals surface area contributed by atoms with Crippen LogP contribution in [0.25, 0.3) is 0 Å². The summed E-state index contributed by atoms with van der Waals surface area (Å²) in [5, 5.41) is 0. The number of benzene rings is 2. The summed E-state index contributed by atoms with van der Waals surface area (Å²) in [7, 11) is -4.18. The molecule has 0 radical (unpaired) electrons. The molecule has 0 aliphatic rings. The number of hydrogen-bond donors (Lipinski definition) is 0. The lowest BCUT2D eigenvalue weighted by molar-refractivity contribution is 0.392. The summed E-state index contributed by atoms with van der Waals surface area (Å²) in [6.45, 7) is 9.01. The molecule has 0 saturated heterocycles. The molecule has 2 aromatic carbocycles. The highest BCUT2D eigenvalue weighted by molar-refractivity contribution is 7.82. The quantitative estimate of drug-likeness (QED) is 0.232. The van der Waals surface area contributed by atoms with Crippen LogP contribution in [0.1, 0.15) is 90.2 Å². The van der Waals surface area contributed by atoms with Gasteiger partial charge in [0.05, 0.1) is 0 Å². The van der Waals surface area contributed by atoms with Crippen molar-refractivity contribution in [1.82, 2.24) is 0 Å². The van der Waals surface area contributed by atoms with Crippen molar-refractivity contribution in [3.8, 4) is 11.5 Å². The van der Waals surface area contributed by atoms with E-state index in [0.717, 1.165) is 37.5 Å². The van der Waals surface area contributed by atoms with E-state index in [1.807, 2.05) is 24.3 Å².